The molecule has 1 N–H and O–H groups in total. The van der Waals surface area contributed by atoms with Gasteiger partial charge in [-0.15, -0.1) is 0 Å². The van der Waals surface area contributed by atoms with Crippen molar-refractivity contribution in [1.29, 1.82) is 0 Å². The second-order valence-electron chi connectivity index (χ2n) is 4.88. The van der Waals surface area contributed by atoms with Crippen LogP contribution in [0.1, 0.15) is 30.7 Å². The summed E-state index contributed by atoms with van der Waals surface area (Å²) in [6.07, 6.45) is 0.899. The van der Waals surface area contributed by atoms with Gasteiger partial charge in [-0.05, 0) is 19.8 Å². The van der Waals surface area contributed by atoms with Gasteiger partial charge in [0.15, 0.2) is 5.78 Å². The maximum Gasteiger partial charge on any atom is 0.167 e. The average Bonchev–Trinajstić information content (AvgIpc) is 2.32. The van der Waals surface area contributed by atoms with Crippen molar-refractivity contribution in [3.63, 3.8) is 0 Å². The van der Waals surface area contributed by atoms with E-state index in [9.17, 15) is 9.90 Å². The third-order valence-corrected chi connectivity index (χ3v) is 3.05. The van der Waals surface area contributed by atoms with E-state index < -0.39 is 6.10 Å². The lowest BCUT2D eigenvalue weighted by Crippen LogP contribution is -2.28. The van der Waals surface area contributed by atoms with Crippen LogP contribution in [-0.4, -0.2) is 29.1 Å². The van der Waals surface area contributed by atoms with E-state index in [0.29, 0.717) is 5.69 Å². The number of ketones is 1. The Hall–Kier alpha value is -1.42. The number of ether oxygens (including phenoxy) is 1. The number of carbonyl (C=O) groups is 1. The number of pyridine rings is 1. The van der Waals surface area contributed by atoms with Crippen molar-refractivity contribution in [2.45, 2.75) is 40.2 Å². The minimum absolute atomic E-state index is 0.0786. The van der Waals surface area contributed by atoms with E-state index in [4.69, 9.17) is 4.74 Å². The third kappa shape index (κ3) is 3.07. The van der Waals surface area contributed by atoms with Gasteiger partial charge in [-0.1, -0.05) is 13.8 Å². The van der Waals surface area contributed by atoms with Crippen molar-refractivity contribution in [3.8, 4) is 5.75 Å². The van der Waals surface area contributed by atoms with E-state index in [-0.39, 0.29) is 18.1 Å². The summed E-state index contributed by atoms with van der Waals surface area (Å²) >= 11 is 0. The molecule has 0 aliphatic rings. The highest BCUT2D eigenvalue weighted by Gasteiger charge is 2.21. The number of methoxy groups -OCH3 is 1. The van der Waals surface area contributed by atoms with Crippen LogP contribution >= 0.6 is 0 Å². The van der Waals surface area contributed by atoms with Crippen LogP contribution in [0.4, 0.5) is 0 Å². The van der Waals surface area contributed by atoms with Gasteiger partial charge >= 0.3 is 0 Å². The molecule has 100 valence electrons. The standard InChI is InChI=1S/C14H21NO3/c1-8(2)13(17)12(16)6-11-10(4)14(18-5)9(3)7-15-11/h7-8,13,17H,6H2,1-5H3. The molecule has 1 rings (SSSR count). The van der Waals surface area contributed by atoms with E-state index in [1.165, 1.54) is 0 Å². The molecular formula is C14H21NO3. The Morgan fingerprint density at radius 1 is 1.44 bits per heavy atom. The zero-order valence-electron chi connectivity index (χ0n) is 11.7. The Bertz CT molecular complexity index is 441. The number of hydrogen-bond donors (Lipinski definition) is 1. The van der Waals surface area contributed by atoms with Gasteiger partial charge in [0, 0.05) is 17.3 Å². The normalized spacial score (nSPS) is 12.6. The fourth-order valence-corrected chi connectivity index (χ4v) is 1.89. The van der Waals surface area contributed by atoms with Crippen molar-refractivity contribution < 1.29 is 14.6 Å². The predicted octanol–water partition coefficient (Wildman–Crippen LogP) is 1.84. The average molecular weight is 251 g/mol. The van der Waals surface area contributed by atoms with E-state index >= 15 is 0 Å². The molecule has 0 aromatic carbocycles. The van der Waals surface area contributed by atoms with Crippen molar-refractivity contribution in [2.75, 3.05) is 7.11 Å². The second kappa shape index (κ2) is 5.96. The SMILES string of the molecule is COc1c(C)cnc(CC(=O)C(O)C(C)C)c1C. The second-order valence-corrected chi connectivity index (χ2v) is 4.88. The van der Waals surface area contributed by atoms with Gasteiger partial charge in [0.05, 0.1) is 19.2 Å². The number of aromatic nitrogens is 1. The molecule has 1 heterocycles. The van der Waals surface area contributed by atoms with Crippen LogP contribution in [-0.2, 0) is 11.2 Å². The van der Waals surface area contributed by atoms with Gasteiger partial charge in [0.2, 0.25) is 0 Å². The van der Waals surface area contributed by atoms with Gasteiger partial charge in [-0.2, -0.15) is 0 Å². The summed E-state index contributed by atoms with van der Waals surface area (Å²) in [6, 6.07) is 0. The molecule has 1 atom stereocenters. The Balaban J connectivity index is 2.96. The molecule has 0 bridgehead atoms. The van der Waals surface area contributed by atoms with Gasteiger partial charge in [-0.25, -0.2) is 0 Å². The molecule has 0 saturated carbocycles. The minimum atomic E-state index is -0.932. The summed E-state index contributed by atoms with van der Waals surface area (Å²) in [4.78, 5) is 16.1. The maximum absolute atomic E-state index is 11.9. The quantitative estimate of drug-likeness (QED) is 0.867. The first-order valence-corrected chi connectivity index (χ1v) is 6.08. The van der Waals surface area contributed by atoms with E-state index in [0.717, 1.165) is 16.9 Å². The van der Waals surface area contributed by atoms with Crippen LogP contribution in [0, 0.1) is 19.8 Å². The number of aliphatic hydroxyl groups is 1. The zero-order valence-corrected chi connectivity index (χ0v) is 11.7. The molecule has 1 unspecified atom stereocenters. The van der Waals surface area contributed by atoms with Crippen molar-refractivity contribution in [2.24, 2.45) is 5.92 Å². The first-order chi connectivity index (χ1) is 8.38. The predicted molar refractivity (Wildman–Crippen MR) is 69.8 cm³/mol. The van der Waals surface area contributed by atoms with Crippen LogP contribution in [0.15, 0.2) is 6.20 Å². The summed E-state index contributed by atoms with van der Waals surface area (Å²) < 4.78 is 5.29. The monoisotopic (exact) mass is 251 g/mol. The van der Waals surface area contributed by atoms with E-state index in [1.54, 1.807) is 13.3 Å². The third-order valence-electron chi connectivity index (χ3n) is 3.05. The molecule has 0 aliphatic carbocycles. The number of rotatable bonds is 5. The van der Waals surface area contributed by atoms with Gasteiger partial charge < -0.3 is 9.84 Å². The first kappa shape index (κ1) is 14.6. The maximum atomic E-state index is 11.9. The molecule has 1 aromatic rings. The number of Topliss-reactive ketones (excluding diaryl/α,β-unsaturated/α-hetero) is 1. The highest BCUT2D eigenvalue weighted by Crippen LogP contribution is 2.24. The largest absolute Gasteiger partial charge is 0.496 e. The summed E-state index contributed by atoms with van der Waals surface area (Å²) in [5, 5.41) is 9.72. The number of nitrogens with zero attached hydrogens (tertiary/aromatic N) is 1. The first-order valence-electron chi connectivity index (χ1n) is 6.08. The van der Waals surface area contributed by atoms with E-state index in [2.05, 4.69) is 4.98 Å². The van der Waals surface area contributed by atoms with Crippen molar-refractivity contribution in [1.82, 2.24) is 4.98 Å². The highest BCUT2D eigenvalue weighted by atomic mass is 16.5. The molecule has 0 fully saturated rings. The van der Waals surface area contributed by atoms with Crippen LogP contribution in [0.2, 0.25) is 0 Å². The molecular weight excluding hydrogens is 230 g/mol. The topological polar surface area (TPSA) is 59.4 Å². The summed E-state index contributed by atoms with van der Waals surface area (Å²) in [6.45, 7) is 7.42. The fourth-order valence-electron chi connectivity index (χ4n) is 1.89. The Morgan fingerprint density at radius 2 is 2.06 bits per heavy atom. The lowest BCUT2D eigenvalue weighted by Gasteiger charge is -2.15. The Kier molecular flexibility index (Phi) is 4.84. The minimum Gasteiger partial charge on any atom is -0.496 e. The molecule has 0 spiro atoms. The van der Waals surface area contributed by atoms with Crippen LogP contribution in [0.25, 0.3) is 0 Å². The van der Waals surface area contributed by atoms with Crippen molar-refractivity contribution in [3.05, 3.63) is 23.0 Å². The summed E-state index contributed by atoms with van der Waals surface area (Å²) in [5.41, 5.74) is 2.47. The highest BCUT2D eigenvalue weighted by molar-refractivity contribution is 5.85. The number of aryl methyl sites for hydroxylation is 1. The molecule has 1 aromatic heterocycles. The zero-order chi connectivity index (χ0) is 13.9. The van der Waals surface area contributed by atoms with Crippen LogP contribution < -0.4 is 4.74 Å². The van der Waals surface area contributed by atoms with E-state index in [1.807, 2.05) is 27.7 Å². The summed E-state index contributed by atoms with van der Waals surface area (Å²) in [5.74, 6) is 0.475. The molecule has 0 radical (unpaired) electrons. The lowest BCUT2D eigenvalue weighted by atomic mass is 9.98. The molecule has 18 heavy (non-hydrogen) atoms. The van der Waals surface area contributed by atoms with Crippen LogP contribution in [0.3, 0.4) is 0 Å². The molecule has 0 aliphatic heterocycles. The fraction of sp³-hybridized carbons (Fsp3) is 0.571. The van der Waals surface area contributed by atoms with Gasteiger partial charge in [0.1, 0.15) is 11.9 Å². The van der Waals surface area contributed by atoms with Gasteiger partial charge in [0.25, 0.3) is 0 Å². The smallest absolute Gasteiger partial charge is 0.167 e. The lowest BCUT2D eigenvalue weighted by molar-refractivity contribution is -0.128. The summed E-state index contributed by atoms with van der Waals surface area (Å²) in [7, 11) is 1.60. The Morgan fingerprint density at radius 3 is 2.56 bits per heavy atom. The molecule has 0 saturated heterocycles. The van der Waals surface area contributed by atoms with Gasteiger partial charge in [-0.3, -0.25) is 9.78 Å². The number of aliphatic hydroxyl groups excluding tert-OH is 1. The molecule has 4 heteroatoms. The van der Waals surface area contributed by atoms with Crippen LogP contribution in [0.5, 0.6) is 5.75 Å². The van der Waals surface area contributed by atoms with Crippen molar-refractivity contribution >= 4 is 5.78 Å². The molecule has 4 nitrogen and oxygen atoms in total. The number of hydrogen-bond acceptors (Lipinski definition) is 4. The number of carbonyl (C=O) groups excluding carboxylic acids is 1. The molecule has 0 amide bonds. The Labute approximate surface area is 108 Å².